The van der Waals surface area contributed by atoms with Gasteiger partial charge in [0.05, 0.1) is 5.54 Å². The van der Waals surface area contributed by atoms with Crippen molar-refractivity contribution in [2.24, 2.45) is 4.99 Å². The van der Waals surface area contributed by atoms with Gasteiger partial charge in [-0.25, -0.2) is 4.79 Å². The van der Waals surface area contributed by atoms with Gasteiger partial charge in [0.1, 0.15) is 0 Å². The van der Waals surface area contributed by atoms with Gasteiger partial charge < -0.3 is 0 Å². The van der Waals surface area contributed by atoms with E-state index in [2.05, 4.69) is 4.99 Å². The molecular weight excluding hydrogens is 210 g/mol. The normalized spacial score (nSPS) is 17.7. The van der Waals surface area contributed by atoms with Crippen LogP contribution in [0.5, 0.6) is 0 Å². The van der Waals surface area contributed by atoms with Gasteiger partial charge in [-0.15, -0.1) is 0 Å². The molecular formula is C12H12ClNO. The van der Waals surface area contributed by atoms with E-state index in [1.54, 1.807) is 6.08 Å². The second kappa shape index (κ2) is 3.80. The van der Waals surface area contributed by atoms with E-state index >= 15 is 0 Å². The highest BCUT2D eigenvalue weighted by Gasteiger charge is 2.39. The zero-order valence-corrected chi connectivity index (χ0v) is 9.34. The van der Waals surface area contributed by atoms with E-state index in [1.165, 1.54) is 0 Å². The van der Waals surface area contributed by atoms with Crippen LogP contribution in [0.15, 0.2) is 23.2 Å². The summed E-state index contributed by atoms with van der Waals surface area (Å²) in [5.41, 5.74) is 1.87. The Bertz CT molecular complexity index is 431. The lowest BCUT2D eigenvalue weighted by atomic mass is 9.71. The highest BCUT2D eigenvalue weighted by Crippen LogP contribution is 2.46. The summed E-state index contributed by atoms with van der Waals surface area (Å²) >= 11 is 5.96. The Morgan fingerprint density at radius 1 is 1.47 bits per heavy atom. The van der Waals surface area contributed by atoms with E-state index in [4.69, 9.17) is 11.6 Å². The number of isocyanates is 1. The molecule has 3 heteroatoms. The van der Waals surface area contributed by atoms with Crippen LogP contribution in [-0.4, -0.2) is 6.08 Å². The maximum atomic E-state index is 10.5. The quantitative estimate of drug-likeness (QED) is 0.556. The molecule has 0 heterocycles. The largest absolute Gasteiger partial charge is 0.235 e. The van der Waals surface area contributed by atoms with E-state index in [-0.39, 0.29) is 5.54 Å². The molecule has 0 unspecified atom stereocenters. The summed E-state index contributed by atoms with van der Waals surface area (Å²) in [7, 11) is 0. The molecule has 1 aromatic rings. The average Bonchev–Trinajstić information content (AvgIpc) is 2.16. The first-order valence-corrected chi connectivity index (χ1v) is 5.41. The Morgan fingerprint density at radius 3 is 2.73 bits per heavy atom. The molecule has 0 spiro atoms. The molecule has 2 nitrogen and oxygen atoms in total. The van der Waals surface area contributed by atoms with Crippen molar-refractivity contribution in [1.82, 2.24) is 0 Å². The minimum absolute atomic E-state index is 0.337. The summed E-state index contributed by atoms with van der Waals surface area (Å²) in [5.74, 6) is 0. The third kappa shape index (κ3) is 1.71. The monoisotopic (exact) mass is 221 g/mol. The van der Waals surface area contributed by atoms with Crippen LogP contribution >= 0.6 is 11.6 Å². The molecule has 78 valence electrons. The molecule has 0 saturated heterocycles. The summed E-state index contributed by atoms with van der Waals surface area (Å²) in [5, 5.41) is 0.697. The van der Waals surface area contributed by atoms with Crippen molar-refractivity contribution in [2.45, 2.75) is 31.7 Å². The first-order chi connectivity index (χ1) is 7.18. The summed E-state index contributed by atoms with van der Waals surface area (Å²) in [6.45, 7) is 2.02. The molecule has 0 aliphatic heterocycles. The van der Waals surface area contributed by atoms with Gasteiger partial charge in [-0.05, 0) is 49.4 Å². The second-order valence-electron chi connectivity index (χ2n) is 4.05. The van der Waals surface area contributed by atoms with Gasteiger partial charge in [0, 0.05) is 5.02 Å². The third-order valence-electron chi connectivity index (χ3n) is 3.14. The van der Waals surface area contributed by atoms with Gasteiger partial charge in [0.25, 0.3) is 0 Å². The predicted molar refractivity (Wildman–Crippen MR) is 59.8 cm³/mol. The highest BCUT2D eigenvalue weighted by molar-refractivity contribution is 6.30. The average molecular weight is 222 g/mol. The van der Waals surface area contributed by atoms with Crippen LogP contribution in [0, 0.1) is 6.92 Å². The van der Waals surface area contributed by atoms with E-state index in [0.717, 1.165) is 30.4 Å². The van der Waals surface area contributed by atoms with Crippen LogP contribution in [-0.2, 0) is 10.3 Å². The minimum atomic E-state index is -0.337. The van der Waals surface area contributed by atoms with Crippen molar-refractivity contribution in [1.29, 1.82) is 0 Å². The fourth-order valence-electron chi connectivity index (χ4n) is 2.14. The number of carbonyl (C=O) groups excluding carboxylic acids is 1. The van der Waals surface area contributed by atoms with Gasteiger partial charge >= 0.3 is 0 Å². The second-order valence-corrected chi connectivity index (χ2v) is 4.48. The first-order valence-electron chi connectivity index (χ1n) is 5.04. The lowest BCUT2D eigenvalue weighted by Gasteiger charge is -2.38. The SMILES string of the molecule is Cc1ccc(Cl)cc1C1(N=C=O)CCC1. The maximum absolute atomic E-state index is 10.5. The van der Waals surface area contributed by atoms with Crippen LogP contribution < -0.4 is 0 Å². The van der Waals surface area contributed by atoms with Crippen molar-refractivity contribution >= 4 is 17.7 Å². The molecule has 1 fully saturated rings. The number of hydrogen-bond acceptors (Lipinski definition) is 2. The van der Waals surface area contributed by atoms with Crippen LogP contribution in [0.2, 0.25) is 5.02 Å². The van der Waals surface area contributed by atoms with Crippen LogP contribution in [0.4, 0.5) is 0 Å². The van der Waals surface area contributed by atoms with Crippen LogP contribution in [0.25, 0.3) is 0 Å². The molecule has 0 radical (unpaired) electrons. The Labute approximate surface area is 94.0 Å². The zero-order chi connectivity index (χ0) is 10.9. The standard InChI is InChI=1S/C12H12ClNO/c1-9-3-4-10(13)7-11(9)12(14-8-15)5-2-6-12/h3-4,7H,2,5-6H2,1H3. The first kappa shape index (κ1) is 10.4. The Kier molecular flexibility index (Phi) is 2.64. The van der Waals surface area contributed by atoms with Gasteiger partial charge in [-0.2, -0.15) is 4.99 Å². The Morgan fingerprint density at radius 2 is 2.20 bits per heavy atom. The number of aliphatic imine (C=N–C) groups is 1. The van der Waals surface area contributed by atoms with Crippen LogP contribution in [0.1, 0.15) is 30.4 Å². The van der Waals surface area contributed by atoms with Crippen molar-refractivity contribution < 1.29 is 4.79 Å². The maximum Gasteiger partial charge on any atom is 0.235 e. The topological polar surface area (TPSA) is 29.4 Å². The van der Waals surface area contributed by atoms with E-state index in [1.807, 2.05) is 25.1 Å². The van der Waals surface area contributed by atoms with Gasteiger partial charge in [-0.3, -0.25) is 0 Å². The molecule has 15 heavy (non-hydrogen) atoms. The Balaban J connectivity index is 2.51. The summed E-state index contributed by atoms with van der Waals surface area (Å²) in [6, 6.07) is 5.74. The zero-order valence-electron chi connectivity index (χ0n) is 8.59. The molecule has 1 aliphatic carbocycles. The third-order valence-corrected chi connectivity index (χ3v) is 3.38. The van der Waals surface area contributed by atoms with E-state index in [9.17, 15) is 4.79 Å². The van der Waals surface area contributed by atoms with Crippen molar-refractivity contribution in [2.75, 3.05) is 0 Å². The predicted octanol–water partition coefficient (Wildman–Crippen LogP) is 3.36. The smallest absolute Gasteiger partial charge is 0.211 e. The van der Waals surface area contributed by atoms with Gasteiger partial charge in [0.15, 0.2) is 0 Å². The molecule has 0 amide bonds. The number of benzene rings is 1. The molecule has 0 bridgehead atoms. The minimum Gasteiger partial charge on any atom is -0.211 e. The Hall–Kier alpha value is -1.11. The fraction of sp³-hybridized carbons (Fsp3) is 0.417. The summed E-state index contributed by atoms with van der Waals surface area (Å²) in [4.78, 5) is 14.4. The van der Waals surface area contributed by atoms with E-state index in [0.29, 0.717) is 5.02 Å². The van der Waals surface area contributed by atoms with E-state index < -0.39 is 0 Å². The summed E-state index contributed by atoms with van der Waals surface area (Å²) < 4.78 is 0. The lowest BCUT2D eigenvalue weighted by Crippen LogP contribution is -2.32. The van der Waals surface area contributed by atoms with Gasteiger partial charge in [-0.1, -0.05) is 17.7 Å². The molecule has 0 aromatic heterocycles. The number of nitrogens with zero attached hydrogens (tertiary/aromatic N) is 1. The van der Waals surface area contributed by atoms with Crippen LogP contribution in [0.3, 0.4) is 0 Å². The highest BCUT2D eigenvalue weighted by atomic mass is 35.5. The fourth-order valence-corrected chi connectivity index (χ4v) is 2.31. The van der Waals surface area contributed by atoms with Gasteiger partial charge in [0.2, 0.25) is 6.08 Å². The molecule has 2 rings (SSSR count). The molecule has 1 aliphatic rings. The number of rotatable bonds is 2. The molecule has 0 N–H and O–H groups in total. The van der Waals surface area contributed by atoms with Crippen molar-refractivity contribution in [3.05, 3.63) is 34.3 Å². The molecule has 0 atom stereocenters. The van der Waals surface area contributed by atoms with Crippen molar-refractivity contribution in [3.8, 4) is 0 Å². The lowest BCUT2D eigenvalue weighted by molar-refractivity contribution is 0.255. The van der Waals surface area contributed by atoms with Crippen molar-refractivity contribution in [3.63, 3.8) is 0 Å². The summed E-state index contributed by atoms with van der Waals surface area (Å²) in [6.07, 6.45) is 4.64. The number of aryl methyl sites for hydroxylation is 1. The molecule has 1 aromatic carbocycles. The number of hydrogen-bond donors (Lipinski definition) is 0. The number of halogens is 1. The molecule has 1 saturated carbocycles.